The van der Waals surface area contributed by atoms with Crippen LogP contribution in [-0.2, 0) is 0 Å². The molecule has 0 unspecified atom stereocenters. The number of aryl methyl sites for hydroxylation is 1. The number of fused-ring (bicyclic) bond motifs is 1. The molecule has 0 radical (unpaired) electrons. The molecule has 0 saturated carbocycles. The standard InChI is InChI=1S/C20H21N3O4/c1-4-25-14-7-6-12(9-15(14)26-5-2)17-13(10-21)19(22)27-16-8-11(3)23-20(24)18(16)17/h6-9,17H,4-5,22H2,1-3H3,(H,23,24)/t17-/m1/s1. The number of rotatable bonds is 5. The van der Waals surface area contributed by atoms with Gasteiger partial charge in [-0.05, 0) is 38.5 Å². The van der Waals surface area contributed by atoms with Gasteiger partial charge in [0.05, 0.1) is 24.7 Å². The Labute approximate surface area is 157 Å². The fourth-order valence-electron chi connectivity index (χ4n) is 3.19. The molecule has 2 aromatic rings. The molecule has 0 amide bonds. The van der Waals surface area contributed by atoms with Crippen molar-refractivity contribution in [1.29, 1.82) is 5.26 Å². The highest BCUT2D eigenvalue weighted by atomic mass is 16.5. The molecule has 1 aromatic heterocycles. The summed E-state index contributed by atoms with van der Waals surface area (Å²) in [6, 6.07) is 9.13. The number of nitriles is 1. The number of pyridine rings is 1. The largest absolute Gasteiger partial charge is 0.490 e. The first-order valence-electron chi connectivity index (χ1n) is 8.71. The highest BCUT2D eigenvalue weighted by Gasteiger charge is 2.33. The number of nitrogens with zero attached hydrogens (tertiary/aromatic N) is 1. The van der Waals surface area contributed by atoms with Gasteiger partial charge in [0.1, 0.15) is 17.4 Å². The molecule has 3 rings (SSSR count). The minimum atomic E-state index is -0.655. The normalized spacial score (nSPS) is 15.6. The fourth-order valence-corrected chi connectivity index (χ4v) is 3.19. The second kappa shape index (κ2) is 7.46. The van der Waals surface area contributed by atoms with Gasteiger partial charge < -0.3 is 24.9 Å². The highest BCUT2D eigenvalue weighted by molar-refractivity contribution is 5.57. The highest BCUT2D eigenvalue weighted by Crippen LogP contribution is 2.42. The summed E-state index contributed by atoms with van der Waals surface area (Å²) in [4.78, 5) is 15.4. The SMILES string of the molecule is CCOc1ccc([C@@H]2C(C#N)=C(N)Oc3cc(C)[nH]c(=O)c32)cc1OCC. The number of aromatic amines is 1. The van der Waals surface area contributed by atoms with Gasteiger partial charge in [0.15, 0.2) is 11.5 Å². The van der Waals surface area contributed by atoms with E-state index < -0.39 is 5.92 Å². The van der Waals surface area contributed by atoms with Crippen LogP contribution in [0.1, 0.15) is 36.6 Å². The molecule has 2 heterocycles. The molecule has 0 saturated heterocycles. The van der Waals surface area contributed by atoms with Crippen LogP contribution in [0.3, 0.4) is 0 Å². The van der Waals surface area contributed by atoms with Crippen molar-refractivity contribution < 1.29 is 14.2 Å². The predicted octanol–water partition coefficient (Wildman–Crippen LogP) is 2.70. The molecule has 3 N–H and O–H groups in total. The zero-order valence-corrected chi connectivity index (χ0v) is 15.5. The van der Waals surface area contributed by atoms with Gasteiger partial charge in [-0.3, -0.25) is 4.79 Å². The molecule has 0 spiro atoms. The zero-order valence-electron chi connectivity index (χ0n) is 15.5. The van der Waals surface area contributed by atoms with Crippen LogP contribution in [0.15, 0.2) is 40.5 Å². The minimum Gasteiger partial charge on any atom is -0.490 e. The molecule has 1 aliphatic rings. The van der Waals surface area contributed by atoms with Gasteiger partial charge in [0.25, 0.3) is 5.56 Å². The summed E-state index contributed by atoms with van der Waals surface area (Å²) in [6.45, 7) is 6.46. The van der Waals surface area contributed by atoms with Crippen LogP contribution in [-0.4, -0.2) is 18.2 Å². The lowest BCUT2D eigenvalue weighted by atomic mass is 9.84. The second-order valence-electron chi connectivity index (χ2n) is 6.06. The maximum Gasteiger partial charge on any atom is 0.256 e. The van der Waals surface area contributed by atoms with Crippen LogP contribution in [0.2, 0.25) is 0 Å². The van der Waals surface area contributed by atoms with E-state index in [1.807, 2.05) is 13.8 Å². The van der Waals surface area contributed by atoms with Gasteiger partial charge in [-0.25, -0.2) is 0 Å². The van der Waals surface area contributed by atoms with Crippen LogP contribution >= 0.6 is 0 Å². The number of benzene rings is 1. The number of nitrogens with one attached hydrogen (secondary N) is 1. The van der Waals surface area contributed by atoms with Crippen molar-refractivity contribution in [2.45, 2.75) is 26.7 Å². The Morgan fingerprint density at radius 3 is 2.59 bits per heavy atom. The number of nitrogens with two attached hydrogens (primary N) is 1. The van der Waals surface area contributed by atoms with Crippen LogP contribution in [0, 0.1) is 18.3 Å². The molecule has 7 nitrogen and oxygen atoms in total. The van der Waals surface area contributed by atoms with E-state index in [0.717, 1.165) is 0 Å². The van der Waals surface area contributed by atoms with Gasteiger partial charge in [0, 0.05) is 11.8 Å². The summed E-state index contributed by atoms with van der Waals surface area (Å²) in [6.07, 6.45) is 0. The molecule has 1 aliphatic heterocycles. The summed E-state index contributed by atoms with van der Waals surface area (Å²) < 4.78 is 16.8. The van der Waals surface area contributed by atoms with E-state index in [1.165, 1.54) is 0 Å². The first-order valence-corrected chi connectivity index (χ1v) is 8.71. The van der Waals surface area contributed by atoms with E-state index in [9.17, 15) is 10.1 Å². The molecule has 1 aromatic carbocycles. The quantitative estimate of drug-likeness (QED) is 0.841. The fraction of sp³-hybridized carbons (Fsp3) is 0.300. The lowest BCUT2D eigenvalue weighted by Crippen LogP contribution is -2.28. The Morgan fingerprint density at radius 2 is 1.93 bits per heavy atom. The molecule has 0 bridgehead atoms. The smallest absolute Gasteiger partial charge is 0.256 e. The lowest BCUT2D eigenvalue weighted by molar-refractivity contribution is 0.287. The molecule has 27 heavy (non-hydrogen) atoms. The maximum atomic E-state index is 12.7. The van der Waals surface area contributed by atoms with Crippen molar-refractivity contribution >= 4 is 0 Å². The van der Waals surface area contributed by atoms with Crippen molar-refractivity contribution in [1.82, 2.24) is 4.98 Å². The second-order valence-corrected chi connectivity index (χ2v) is 6.06. The zero-order chi connectivity index (χ0) is 19.6. The molecule has 140 valence electrons. The molecule has 0 aliphatic carbocycles. The minimum absolute atomic E-state index is 0.00755. The average Bonchev–Trinajstić information content (AvgIpc) is 2.62. The van der Waals surface area contributed by atoms with Crippen molar-refractivity contribution in [3.63, 3.8) is 0 Å². The molecular weight excluding hydrogens is 346 g/mol. The molecule has 0 fully saturated rings. The Kier molecular flexibility index (Phi) is 5.08. The lowest BCUT2D eigenvalue weighted by Gasteiger charge is -2.26. The molecule has 7 heteroatoms. The first kappa shape index (κ1) is 18.4. The monoisotopic (exact) mass is 367 g/mol. The predicted molar refractivity (Wildman–Crippen MR) is 99.9 cm³/mol. The third-order valence-electron chi connectivity index (χ3n) is 4.25. The molecular formula is C20H21N3O4. The van der Waals surface area contributed by atoms with Gasteiger partial charge >= 0.3 is 0 Å². The van der Waals surface area contributed by atoms with Gasteiger partial charge in [-0.15, -0.1) is 0 Å². The van der Waals surface area contributed by atoms with Crippen molar-refractivity contribution in [3.05, 3.63) is 62.9 Å². The third-order valence-corrected chi connectivity index (χ3v) is 4.25. The number of hydrogen-bond donors (Lipinski definition) is 2. The molecule has 1 atom stereocenters. The topological polar surface area (TPSA) is 110 Å². The van der Waals surface area contributed by atoms with E-state index in [-0.39, 0.29) is 17.0 Å². The van der Waals surface area contributed by atoms with E-state index in [0.29, 0.717) is 47.3 Å². The van der Waals surface area contributed by atoms with Gasteiger partial charge in [0.2, 0.25) is 5.88 Å². The number of allylic oxidation sites excluding steroid dienone is 1. The average molecular weight is 367 g/mol. The number of H-pyrrole nitrogens is 1. The van der Waals surface area contributed by atoms with Crippen LogP contribution in [0.25, 0.3) is 0 Å². The van der Waals surface area contributed by atoms with Crippen molar-refractivity contribution in [3.8, 4) is 23.3 Å². The van der Waals surface area contributed by atoms with E-state index in [1.54, 1.807) is 31.2 Å². The Balaban J connectivity index is 2.22. The maximum absolute atomic E-state index is 12.7. The van der Waals surface area contributed by atoms with Gasteiger partial charge in [-0.1, -0.05) is 6.07 Å². The van der Waals surface area contributed by atoms with E-state index >= 15 is 0 Å². The van der Waals surface area contributed by atoms with E-state index in [2.05, 4.69) is 11.1 Å². The number of aromatic nitrogens is 1. The Bertz CT molecular complexity index is 1000. The third kappa shape index (κ3) is 3.34. The Morgan fingerprint density at radius 1 is 1.22 bits per heavy atom. The number of hydrogen-bond acceptors (Lipinski definition) is 6. The summed E-state index contributed by atoms with van der Waals surface area (Å²) in [7, 11) is 0. The van der Waals surface area contributed by atoms with Crippen molar-refractivity contribution in [2.24, 2.45) is 5.73 Å². The van der Waals surface area contributed by atoms with E-state index in [4.69, 9.17) is 19.9 Å². The summed E-state index contributed by atoms with van der Waals surface area (Å²) in [5.74, 6) is 0.836. The van der Waals surface area contributed by atoms with Crippen molar-refractivity contribution in [2.75, 3.05) is 13.2 Å². The number of ether oxygens (including phenoxy) is 3. The van der Waals surface area contributed by atoms with Crippen LogP contribution < -0.4 is 25.5 Å². The summed E-state index contributed by atoms with van der Waals surface area (Å²) in [5, 5.41) is 9.64. The first-order chi connectivity index (χ1) is 13.0. The van der Waals surface area contributed by atoms with Crippen LogP contribution in [0.4, 0.5) is 0 Å². The Hall–Kier alpha value is -3.40. The summed E-state index contributed by atoms with van der Waals surface area (Å²) >= 11 is 0. The van der Waals surface area contributed by atoms with Crippen LogP contribution in [0.5, 0.6) is 17.2 Å². The van der Waals surface area contributed by atoms with Gasteiger partial charge in [-0.2, -0.15) is 5.26 Å². The summed E-state index contributed by atoms with van der Waals surface area (Å²) in [5.41, 5.74) is 7.53.